The molecule has 4 nitrogen and oxygen atoms in total. The first-order valence-corrected chi connectivity index (χ1v) is 8.06. The molecule has 25 heavy (non-hydrogen) atoms. The number of ether oxygens (including phenoxy) is 1. The summed E-state index contributed by atoms with van der Waals surface area (Å²) in [5.74, 6) is -5.65. The van der Waals surface area contributed by atoms with Crippen molar-refractivity contribution in [3.05, 3.63) is 40.2 Å². The van der Waals surface area contributed by atoms with Crippen LogP contribution in [0, 0.1) is 24.4 Å². The zero-order valence-corrected chi connectivity index (χ0v) is 14.7. The van der Waals surface area contributed by atoms with Crippen LogP contribution >= 0.6 is 0 Å². The standard InChI is InChI=1S/C18H22F3NO3/c1-5-11(6-2)22-9-12(18(24)25-7-3)17(23)15-10(4)16(21)14(20)8-13(15)19/h8-9,11,23H,5-7H2,1-4H3/b17-12-,22-9?. The topological polar surface area (TPSA) is 58.9 Å². The van der Waals surface area contributed by atoms with Gasteiger partial charge < -0.3 is 9.84 Å². The third-order valence-corrected chi connectivity index (χ3v) is 3.75. The van der Waals surface area contributed by atoms with Crippen molar-refractivity contribution in [3.8, 4) is 0 Å². The van der Waals surface area contributed by atoms with E-state index in [9.17, 15) is 23.1 Å². The van der Waals surface area contributed by atoms with E-state index >= 15 is 0 Å². The second-order valence-electron chi connectivity index (χ2n) is 5.39. The number of benzene rings is 1. The lowest BCUT2D eigenvalue weighted by Crippen LogP contribution is -2.14. The molecule has 1 aromatic carbocycles. The van der Waals surface area contributed by atoms with Crippen molar-refractivity contribution in [2.24, 2.45) is 4.99 Å². The molecule has 0 fully saturated rings. The van der Waals surface area contributed by atoms with E-state index in [1.54, 1.807) is 6.92 Å². The smallest absolute Gasteiger partial charge is 0.343 e. The predicted octanol–water partition coefficient (Wildman–Crippen LogP) is 4.50. The molecule has 0 radical (unpaired) electrons. The number of rotatable bonds is 7. The highest BCUT2D eigenvalue weighted by Crippen LogP contribution is 2.27. The molecule has 0 spiro atoms. The van der Waals surface area contributed by atoms with Gasteiger partial charge in [-0.2, -0.15) is 0 Å². The Balaban J connectivity index is 3.55. The lowest BCUT2D eigenvalue weighted by molar-refractivity contribution is -0.137. The Morgan fingerprint density at radius 1 is 1.24 bits per heavy atom. The fourth-order valence-corrected chi connectivity index (χ4v) is 2.24. The van der Waals surface area contributed by atoms with Gasteiger partial charge in [-0.05, 0) is 26.7 Å². The second-order valence-corrected chi connectivity index (χ2v) is 5.39. The maximum atomic E-state index is 14.1. The highest BCUT2D eigenvalue weighted by atomic mass is 19.2. The van der Waals surface area contributed by atoms with E-state index in [1.807, 2.05) is 13.8 Å². The molecule has 0 heterocycles. The van der Waals surface area contributed by atoms with Gasteiger partial charge in [-0.3, -0.25) is 4.99 Å². The minimum Gasteiger partial charge on any atom is -0.506 e. The molecule has 0 bridgehead atoms. The Labute approximate surface area is 145 Å². The van der Waals surface area contributed by atoms with Crippen molar-refractivity contribution < 1.29 is 27.8 Å². The number of halogens is 3. The SMILES string of the molecule is CCOC(=O)/C(C=NC(CC)CC)=C(\O)c1c(F)cc(F)c(F)c1C. The number of aliphatic hydroxyl groups excluding tert-OH is 1. The first-order chi connectivity index (χ1) is 11.8. The predicted molar refractivity (Wildman–Crippen MR) is 90.1 cm³/mol. The van der Waals surface area contributed by atoms with Crippen LogP contribution in [-0.4, -0.2) is 29.9 Å². The maximum Gasteiger partial charge on any atom is 0.343 e. The van der Waals surface area contributed by atoms with Gasteiger partial charge in [-0.15, -0.1) is 0 Å². The number of esters is 1. The van der Waals surface area contributed by atoms with Crippen LogP contribution in [-0.2, 0) is 9.53 Å². The van der Waals surface area contributed by atoms with Crippen molar-refractivity contribution in [2.75, 3.05) is 6.61 Å². The van der Waals surface area contributed by atoms with Crippen LogP contribution in [0.1, 0.15) is 44.7 Å². The van der Waals surface area contributed by atoms with Gasteiger partial charge in [0, 0.05) is 23.9 Å². The number of nitrogens with zero attached hydrogens (tertiary/aromatic N) is 1. The number of hydrogen-bond acceptors (Lipinski definition) is 4. The summed E-state index contributed by atoms with van der Waals surface area (Å²) in [7, 11) is 0. The van der Waals surface area contributed by atoms with E-state index in [1.165, 1.54) is 0 Å². The normalized spacial score (nSPS) is 12.6. The van der Waals surface area contributed by atoms with Crippen LogP contribution in [0.2, 0.25) is 0 Å². The molecule has 7 heteroatoms. The van der Waals surface area contributed by atoms with E-state index in [4.69, 9.17) is 4.74 Å². The minimum absolute atomic E-state index is 0.0215. The van der Waals surface area contributed by atoms with Gasteiger partial charge in [-0.25, -0.2) is 18.0 Å². The van der Waals surface area contributed by atoms with Gasteiger partial charge in [0.05, 0.1) is 12.2 Å². The average molecular weight is 357 g/mol. The lowest BCUT2D eigenvalue weighted by Gasteiger charge is -2.12. The number of hydrogen-bond donors (Lipinski definition) is 1. The summed E-state index contributed by atoms with van der Waals surface area (Å²) in [6.45, 7) is 6.49. The first kappa shape index (κ1) is 20.7. The number of carbonyl (C=O) groups is 1. The molecule has 1 N–H and O–H groups in total. The fraction of sp³-hybridized carbons (Fsp3) is 0.444. The van der Waals surface area contributed by atoms with Gasteiger partial charge in [0.15, 0.2) is 11.6 Å². The average Bonchev–Trinajstić information content (AvgIpc) is 2.57. The third kappa shape index (κ3) is 4.84. The highest BCUT2D eigenvalue weighted by molar-refractivity contribution is 6.15. The van der Waals surface area contributed by atoms with Gasteiger partial charge in [-0.1, -0.05) is 13.8 Å². The molecule has 0 aromatic heterocycles. The van der Waals surface area contributed by atoms with E-state index in [0.717, 1.165) is 13.1 Å². The Bertz CT molecular complexity index is 695. The highest BCUT2D eigenvalue weighted by Gasteiger charge is 2.24. The van der Waals surface area contributed by atoms with Gasteiger partial charge >= 0.3 is 5.97 Å². The molecule has 0 aliphatic rings. The molecule has 1 aromatic rings. The first-order valence-electron chi connectivity index (χ1n) is 8.06. The summed E-state index contributed by atoms with van der Waals surface area (Å²) in [6.07, 6.45) is 2.48. The molecule has 0 aliphatic carbocycles. The van der Waals surface area contributed by atoms with Crippen LogP contribution < -0.4 is 0 Å². The molecule has 0 amide bonds. The molecule has 138 valence electrons. The third-order valence-electron chi connectivity index (χ3n) is 3.75. The number of carbonyl (C=O) groups excluding carboxylic acids is 1. The molecule has 0 atom stereocenters. The zero-order valence-electron chi connectivity index (χ0n) is 14.7. The summed E-state index contributed by atoms with van der Waals surface area (Å²) in [5.41, 5.74) is -1.47. The summed E-state index contributed by atoms with van der Waals surface area (Å²) in [5, 5.41) is 10.4. The minimum atomic E-state index is -1.38. The summed E-state index contributed by atoms with van der Waals surface area (Å²) < 4.78 is 45.9. The summed E-state index contributed by atoms with van der Waals surface area (Å²) in [4.78, 5) is 16.3. The van der Waals surface area contributed by atoms with Crippen LogP contribution in [0.15, 0.2) is 16.6 Å². The van der Waals surface area contributed by atoms with E-state index in [0.29, 0.717) is 18.9 Å². The Morgan fingerprint density at radius 2 is 1.84 bits per heavy atom. The Morgan fingerprint density at radius 3 is 2.36 bits per heavy atom. The number of aliphatic hydroxyl groups is 1. The molecule has 1 rings (SSSR count). The monoisotopic (exact) mass is 357 g/mol. The molecule has 0 aliphatic heterocycles. The van der Waals surface area contributed by atoms with Crippen molar-refractivity contribution in [2.45, 2.75) is 46.6 Å². The van der Waals surface area contributed by atoms with E-state index < -0.39 is 45.9 Å². The number of aliphatic imine (C=N–C) groups is 1. The second kappa shape index (κ2) is 9.25. The van der Waals surface area contributed by atoms with E-state index in [2.05, 4.69) is 4.99 Å². The van der Waals surface area contributed by atoms with Crippen LogP contribution in [0.5, 0.6) is 0 Å². The molecular weight excluding hydrogens is 335 g/mol. The Hall–Kier alpha value is -2.31. The van der Waals surface area contributed by atoms with Gasteiger partial charge in [0.25, 0.3) is 0 Å². The van der Waals surface area contributed by atoms with Crippen molar-refractivity contribution >= 4 is 17.9 Å². The van der Waals surface area contributed by atoms with Crippen LogP contribution in [0.4, 0.5) is 13.2 Å². The Kier molecular flexibility index (Phi) is 7.67. The van der Waals surface area contributed by atoms with Crippen molar-refractivity contribution in [1.82, 2.24) is 0 Å². The zero-order chi connectivity index (χ0) is 19.1. The molecule has 0 saturated carbocycles. The largest absolute Gasteiger partial charge is 0.506 e. The maximum absolute atomic E-state index is 14.1. The van der Waals surface area contributed by atoms with Crippen molar-refractivity contribution in [1.29, 1.82) is 0 Å². The molecule has 0 saturated heterocycles. The van der Waals surface area contributed by atoms with Crippen molar-refractivity contribution in [3.63, 3.8) is 0 Å². The van der Waals surface area contributed by atoms with Crippen LogP contribution in [0.25, 0.3) is 5.76 Å². The van der Waals surface area contributed by atoms with Gasteiger partial charge in [0.1, 0.15) is 17.1 Å². The van der Waals surface area contributed by atoms with Crippen LogP contribution in [0.3, 0.4) is 0 Å². The summed E-state index contributed by atoms with van der Waals surface area (Å²) >= 11 is 0. The molecule has 0 unspecified atom stereocenters. The fourth-order valence-electron chi connectivity index (χ4n) is 2.24. The molecular formula is C18H22F3NO3. The van der Waals surface area contributed by atoms with Gasteiger partial charge in [0.2, 0.25) is 0 Å². The quantitative estimate of drug-likeness (QED) is 0.257. The summed E-state index contributed by atoms with van der Waals surface area (Å²) in [6, 6.07) is 0.211. The van der Waals surface area contributed by atoms with E-state index in [-0.39, 0.29) is 12.6 Å². The lowest BCUT2D eigenvalue weighted by atomic mass is 10.0.